The number of fused-ring (bicyclic) bond motifs is 1. The molecule has 2 aromatic rings. The Balaban J connectivity index is 1.84. The van der Waals surface area contributed by atoms with Crippen molar-refractivity contribution in [2.45, 2.75) is 32.8 Å². The lowest BCUT2D eigenvalue weighted by atomic mass is 10.1. The van der Waals surface area contributed by atoms with Crippen LogP contribution in [0.25, 0.3) is 0 Å². The monoisotopic (exact) mass is 416 g/mol. The lowest BCUT2D eigenvalue weighted by Crippen LogP contribution is -2.44. The molecule has 0 saturated carbocycles. The Morgan fingerprint density at radius 2 is 1.96 bits per heavy atom. The minimum absolute atomic E-state index is 0.0534. The predicted octanol–water partition coefficient (Wildman–Crippen LogP) is 4.62. The SMILES string of the molecule is CCCCN1C(=O)C(C)Oc2ccc(NC(=O)c3ccc(Br)cc3)cc21. The summed E-state index contributed by atoms with van der Waals surface area (Å²) >= 11 is 3.36. The van der Waals surface area contributed by atoms with Gasteiger partial charge in [0.2, 0.25) is 0 Å². The van der Waals surface area contributed by atoms with E-state index in [0.29, 0.717) is 29.2 Å². The zero-order valence-corrected chi connectivity index (χ0v) is 16.4. The highest BCUT2D eigenvalue weighted by Crippen LogP contribution is 2.36. The summed E-state index contributed by atoms with van der Waals surface area (Å²) in [6.07, 6.45) is 1.41. The number of carbonyl (C=O) groups is 2. The zero-order valence-electron chi connectivity index (χ0n) is 14.8. The normalized spacial score (nSPS) is 16.0. The van der Waals surface area contributed by atoms with Crippen LogP contribution in [0, 0.1) is 0 Å². The van der Waals surface area contributed by atoms with Crippen molar-refractivity contribution >= 4 is 39.1 Å². The summed E-state index contributed by atoms with van der Waals surface area (Å²) in [5.41, 5.74) is 1.90. The summed E-state index contributed by atoms with van der Waals surface area (Å²) < 4.78 is 6.62. The third-order valence-electron chi connectivity index (χ3n) is 4.27. The first-order chi connectivity index (χ1) is 12.5. The molecule has 0 aliphatic carbocycles. The molecule has 0 spiro atoms. The molecular weight excluding hydrogens is 396 g/mol. The van der Waals surface area contributed by atoms with Crippen LogP contribution in [0.1, 0.15) is 37.0 Å². The number of hydrogen-bond acceptors (Lipinski definition) is 3. The third-order valence-corrected chi connectivity index (χ3v) is 4.80. The number of amides is 2. The van der Waals surface area contributed by atoms with Gasteiger partial charge in [-0.15, -0.1) is 0 Å². The first kappa shape index (κ1) is 18.5. The summed E-state index contributed by atoms with van der Waals surface area (Å²) in [6, 6.07) is 12.5. The van der Waals surface area contributed by atoms with Crippen molar-refractivity contribution in [3.05, 3.63) is 52.5 Å². The summed E-state index contributed by atoms with van der Waals surface area (Å²) in [7, 11) is 0. The van der Waals surface area contributed by atoms with Crippen LogP contribution in [0.2, 0.25) is 0 Å². The molecule has 1 unspecified atom stereocenters. The molecule has 1 atom stereocenters. The molecule has 1 aliphatic heterocycles. The van der Waals surface area contributed by atoms with Gasteiger partial charge in [-0.25, -0.2) is 0 Å². The average molecular weight is 417 g/mol. The number of rotatable bonds is 5. The highest BCUT2D eigenvalue weighted by atomic mass is 79.9. The molecule has 1 heterocycles. The fourth-order valence-electron chi connectivity index (χ4n) is 2.84. The maximum atomic E-state index is 12.5. The summed E-state index contributed by atoms with van der Waals surface area (Å²) in [6.45, 7) is 4.48. The van der Waals surface area contributed by atoms with Crippen molar-refractivity contribution in [1.29, 1.82) is 0 Å². The Morgan fingerprint density at radius 3 is 2.65 bits per heavy atom. The van der Waals surface area contributed by atoms with Crippen molar-refractivity contribution in [2.75, 3.05) is 16.8 Å². The predicted molar refractivity (Wildman–Crippen MR) is 106 cm³/mol. The van der Waals surface area contributed by atoms with Gasteiger partial charge in [0, 0.05) is 22.3 Å². The van der Waals surface area contributed by atoms with Gasteiger partial charge in [0.15, 0.2) is 6.10 Å². The first-order valence-corrected chi connectivity index (χ1v) is 9.48. The lowest BCUT2D eigenvalue weighted by Gasteiger charge is -2.33. The molecule has 0 fully saturated rings. The lowest BCUT2D eigenvalue weighted by molar-refractivity contribution is -0.125. The number of ether oxygens (including phenoxy) is 1. The van der Waals surface area contributed by atoms with E-state index in [1.807, 2.05) is 12.1 Å². The Hall–Kier alpha value is -2.34. The molecule has 3 rings (SSSR count). The van der Waals surface area contributed by atoms with Crippen LogP contribution in [0.15, 0.2) is 46.9 Å². The Kier molecular flexibility index (Phi) is 5.61. The summed E-state index contributed by atoms with van der Waals surface area (Å²) in [5, 5.41) is 2.88. The van der Waals surface area contributed by atoms with E-state index in [0.717, 1.165) is 17.3 Å². The minimum atomic E-state index is -0.498. The van der Waals surface area contributed by atoms with Gasteiger partial charge >= 0.3 is 0 Å². The van der Waals surface area contributed by atoms with E-state index in [4.69, 9.17) is 4.74 Å². The Labute approximate surface area is 161 Å². The number of halogens is 1. The quantitative estimate of drug-likeness (QED) is 0.773. The van der Waals surface area contributed by atoms with Crippen molar-refractivity contribution in [1.82, 2.24) is 0 Å². The van der Waals surface area contributed by atoms with Crippen LogP contribution in [0.4, 0.5) is 11.4 Å². The van der Waals surface area contributed by atoms with Crippen LogP contribution in [-0.4, -0.2) is 24.5 Å². The van der Waals surface area contributed by atoms with Gasteiger partial charge in [0.25, 0.3) is 11.8 Å². The number of unbranched alkanes of at least 4 members (excludes halogenated alkanes) is 1. The Bertz CT molecular complexity index is 820. The molecular formula is C20H21BrN2O3. The topological polar surface area (TPSA) is 58.6 Å². The van der Waals surface area contributed by atoms with Crippen molar-refractivity contribution in [3.63, 3.8) is 0 Å². The van der Waals surface area contributed by atoms with E-state index in [2.05, 4.69) is 28.2 Å². The fraction of sp³-hybridized carbons (Fsp3) is 0.300. The first-order valence-electron chi connectivity index (χ1n) is 8.68. The second-order valence-corrected chi connectivity index (χ2v) is 7.16. The highest BCUT2D eigenvalue weighted by Gasteiger charge is 2.31. The molecule has 0 saturated heterocycles. The van der Waals surface area contributed by atoms with E-state index in [1.165, 1.54) is 0 Å². The van der Waals surface area contributed by atoms with Crippen molar-refractivity contribution in [2.24, 2.45) is 0 Å². The van der Waals surface area contributed by atoms with Gasteiger partial charge in [0.05, 0.1) is 5.69 Å². The minimum Gasteiger partial charge on any atom is -0.479 e. The zero-order chi connectivity index (χ0) is 18.7. The number of hydrogen-bond donors (Lipinski definition) is 1. The third kappa shape index (κ3) is 3.90. The molecule has 1 N–H and O–H groups in total. The number of carbonyl (C=O) groups excluding carboxylic acids is 2. The van der Waals surface area contributed by atoms with E-state index < -0.39 is 6.10 Å². The molecule has 0 bridgehead atoms. The summed E-state index contributed by atoms with van der Waals surface area (Å²) in [4.78, 5) is 26.7. The second-order valence-electron chi connectivity index (χ2n) is 6.25. The van der Waals surface area contributed by atoms with Crippen LogP contribution in [0.5, 0.6) is 5.75 Å². The van der Waals surface area contributed by atoms with Crippen LogP contribution in [-0.2, 0) is 4.79 Å². The van der Waals surface area contributed by atoms with Crippen molar-refractivity contribution in [3.8, 4) is 5.75 Å². The maximum Gasteiger partial charge on any atom is 0.267 e. The van der Waals surface area contributed by atoms with Gasteiger partial charge in [0.1, 0.15) is 5.75 Å². The largest absolute Gasteiger partial charge is 0.479 e. The smallest absolute Gasteiger partial charge is 0.267 e. The fourth-order valence-corrected chi connectivity index (χ4v) is 3.10. The van der Waals surface area contributed by atoms with Gasteiger partial charge in [-0.1, -0.05) is 29.3 Å². The Morgan fingerprint density at radius 1 is 1.23 bits per heavy atom. The van der Waals surface area contributed by atoms with Crippen LogP contribution >= 0.6 is 15.9 Å². The maximum absolute atomic E-state index is 12.5. The van der Waals surface area contributed by atoms with Crippen molar-refractivity contribution < 1.29 is 14.3 Å². The van der Waals surface area contributed by atoms with E-state index in [-0.39, 0.29) is 11.8 Å². The van der Waals surface area contributed by atoms with Gasteiger partial charge in [-0.2, -0.15) is 0 Å². The number of nitrogens with one attached hydrogen (secondary N) is 1. The molecule has 1 aliphatic rings. The molecule has 0 radical (unpaired) electrons. The van der Waals surface area contributed by atoms with Gasteiger partial charge in [-0.05, 0) is 55.8 Å². The molecule has 136 valence electrons. The molecule has 2 aromatic carbocycles. The molecule has 0 aromatic heterocycles. The van der Waals surface area contributed by atoms with Gasteiger partial charge in [-0.3, -0.25) is 9.59 Å². The standard InChI is InChI=1S/C20H21BrN2O3/c1-3-4-11-23-17-12-16(9-10-18(17)26-13(2)20(23)25)22-19(24)14-5-7-15(21)8-6-14/h5-10,12-13H,3-4,11H2,1-2H3,(H,22,24). The second kappa shape index (κ2) is 7.91. The van der Waals surface area contributed by atoms with E-state index in [1.54, 1.807) is 42.2 Å². The summed E-state index contributed by atoms with van der Waals surface area (Å²) in [5.74, 6) is 0.408. The number of anilines is 2. The number of nitrogens with zero attached hydrogens (tertiary/aromatic N) is 1. The molecule has 5 nitrogen and oxygen atoms in total. The van der Waals surface area contributed by atoms with Crippen LogP contribution < -0.4 is 15.0 Å². The molecule has 2 amide bonds. The van der Waals surface area contributed by atoms with Crippen LogP contribution in [0.3, 0.4) is 0 Å². The molecule has 26 heavy (non-hydrogen) atoms. The molecule has 6 heteroatoms. The van der Waals surface area contributed by atoms with E-state index in [9.17, 15) is 9.59 Å². The number of benzene rings is 2. The average Bonchev–Trinajstić information content (AvgIpc) is 2.63. The van der Waals surface area contributed by atoms with Gasteiger partial charge < -0.3 is 15.0 Å². The van der Waals surface area contributed by atoms with E-state index >= 15 is 0 Å². The highest BCUT2D eigenvalue weighted by molar-refractivity contribution is 9.10.